The van der Waals surface area contributed by atoms with E-state index < -0.39 is 0 Å². The first-order valence-electron chi connectivity index (χ1n) is 10.7. The number of nitrogens with one attached hydrogen (secondary N) is 1. The van der Waals surface area contributed by atoms with Crippen LogP contribution in [0.5, 0.6) is 0 Å². The molecule has 3 aromatic rings. The lowest BCUT2D eigenvalue weighted by Crippen LogP contribution is -2.25. The molecule has 154 valence electrons. The van der Waals surface area contributed by atoms with Gasteiger partial charge in [0.15, 0.2) is 0 Å². The molecule has 0 spiro atoms. The minimum Gasteiger partial charge on any atom is -0.382 e. The zero-order chi connectivity index (χ0) is 20.8. The van der Waals surface area contributed by atoms with Crippen molar-refractivity contribution in [3.63, 3.8) is 0 Å². The Balaban J connectivity index is 1.84. The number of pyridine rings is 1. The fourth-order valence-electron chi connectivity index (χ4n) is 3.73. The highest BCUT2D eigenvalue weighted by molar-refractivity contribution is 6.30. The highest BCUT2D eigenvalue weighted by atomic mass is 35.5. The van der Waals surface area contributed by atoms with Crippen LogP contribution in [0.4, 0.5) is 5.69 Å². The van der Waals surface area contributed by atoms with Crippen molar-refractivity contribution in [3.8, 4) is 11.3 Å². The van der Waals surface area contributed by atoms with Gasteiger partial charge in [-0.25, -0.2) is 4.98 Å². The Labute approximate surface area is 180 Å². The van der Waals surface area contributed by atoms with Crippen molar-refractivity contribution in [2.24, 2.45) is 0 Å². The summed E-state index contributed by atoms with van der Waals surface area (Å²) in [5.74, 6) is 0. The molecule has 0 bridgehead atoms. The van der Waals surface area contributed by atoms with Crippen LogP contribution in [0.1, 0.15) is 39.2 Å². The Hall–Kier alpha value is -2.10. The van der Waals surface area contributed by atoms with Crippen molar-refractivity contribution < 1.29 is 0 Å². The molecule has 1 atom stereocenters. The average Bonchev–Trinajstić information content (AvgIpc) is 2.72. The van der Waals surface area contributed by atoms with Crippen LogP contribution in [0.15, 0.2) is 48.5 Å². The van der Waals surface area contributed by atoms with Crippen molar-refractivity contribution in [2.45, 2.75) is 46.6 Å². The molecule has 0 aliphatic carbocycles. The van der Waals surface area contributed by atoms with E-state index >= 15 is 0 Å². The molecule has 0 aliphatic heterocycles. The Morgan fingerprint density at radius 2 is 1.76 bits per heavy atom. The standard InChI is InChI=1S/C25H32ClN3/c1-5-29(6-2)15-7-8-19(4)27-25-17-24(20-10-12-21(26)13-11-20)28-23-14-9-18(3)16-22(23)25/h9-14,16-17,19H,5-8,15H2,1-4H3,(H,27,28). The second kappa shape index (κ2) is 10.1. The van der Waals surface area contributed by atoms with Gasteiger partial charge in [-0.1, -0.05) is 49.2 Å². The maximum absolute atomic E-state index is 6.07. The molecule has 1 N–H and O–H groups in total. The van der Waals surface area contributed by atoms with E-state index in [2.05, 4.69) is 62.2 Å². The third-order valence-electron chi connectivity index (χ3n) is 5.51. The summed E-state index contributed by atoms with van der Waals surface area (Å²) in [6.07, 6.45) is 2.34. The molecule has 0 amide bonds. The second-order valence-electron chi connectivity index (χ2n) is 7.80. The van der Waals surface area contributed by atoms with Gasteiger partial charge >= 0.3 is 0 Å². The normalized spacial score (nSPS) is 12.5. The quantitative estimate of drug-likeness (QED) is 0.421. The molecular weight excluding hydrogens is 378 g/mol. The zero-order valence-corrected chi connectivity index (χ0v) is 18.8. The van der Waals surface area contributed by atoms with Gasteiger partial charge in [0.05, 0.1) is 11.2 Å². The molecule has 4 heteroatoms. The Morgan fingerprint density at radius 3 is 2.45 bits per heavy atom. The Kier molecular flexibility index (Phi) is 7.51. The number of hydrogen-bond donors (Lipinski definition) is 1. The van der Waals surface area contributed by atoms with Crippen LogP contribution in [0.2, 0.25) is 5.02 Å². The van der Waals surface area contributed by atoms with Gasteiger partial charge in [0.2, 0.25) is 0 Å². The summed E-state index contributed by atoms with van der Waals surface area (Å²) in [6.45, 7) is 12.3. The number of halogens is 1. The summed E-state index contributed by atoms with van der Waals surface area (Å²) in [5.41, 5.74) is 5.46. The zero-order valence-electron chi connectivity index (χ0n) is 18.0. The van der Waals surface area contributed by atoms with Crippen molar-refractivity contribution in [1.29, 1.82) is 0 Å². The number of aromatic nitrogens is 1. The predicted molar refractivity (Wildman–Crippen MR) is 127 cm³/mol. The van der Waals surface area contributed by atoms with E-state index in [0.717, 1.165) is 53.5 Å². The maximum atomic E-state index is 6.07. The summed E-state index contributed by atoms with van der Waals surface area (Å²) in [4.78, 5) is 7.38. The van der Waals surface area contributed by atoms with Crippen LogP contribution in [0.25, 0.3) is 22.2 Å². The van der Waals surface area contributed by atoms with Gasteiger partial charge in [-0.3, -0.25) is 0 Å². The molecule has 3 rings (SSSR count). The van der Waals surface area contributed by atoms with Crippen molar-refractivity contribution >= 4 is 28.2 Å². The minimum absolute atomic E-state index is 0.398. The molecule has 1 unspecified atom stereocenters. The summed E-state index contributed by atoms with van der Waals surface area (Å²) >= 11 is 6.07. The summed E-state index contributed by atoms with van der Waals surface area (Å²) in [5, 5.41) is 5.68. The van der Waals surface area contributed by atoms with Gasteiger partial charge in [-0.05, 0) is 76.7 Å². The fourth-order valence-corrected chi connectivity index (χ4v) is 3.85. The number of rotatable bonds is 9. The molecule has 0 saturated carbocycles. The van der Waals surface area contributed by atoms with Crippen molar-refractivity contribution in [2.75, 3.05) is 25.0 Å². The predicted octanol–water partition coefficient (Wildman–Crippen LogP) is 6.79. The molecule has 2 aromatic carbocycles. The Morgan fingerprint density at radius 1 is 1.03 bits per heavy atom. The Bertz CT molecular complexity index is 933. The SMILES string of the molecule is CCN(CC)CCCC(C)Nc1cc(-c2ccc(Cl)cc2)nc2ccc(C)cc12. The maximum Gasteiger partial charge on any atom is 0.0730 e. The van der Waals surface area contributed by atoms with E-state index in [9.17, 15) is 0 Å². The van der Waals surface area contributed by atoms with Gasteiger partial charge in [0.25, 0.3) is 0 Å². The van der Waals surface area contributed by atoms with Gasteiger partial charge in [-0.15, -0.1) is 0 Å². The van der Waals surface area contributed by atoms with Crippen molar-refractivity contribution in [3.05, 3.63) is 59.1 Å². The molecule has 0 radical (unpaired) electrons. The summed E-state index contributed by atoms with van der Waals surface area (Å²) < 4.78 is 0. The first kappa shape index (κ1) is 21.6. The number of fused-ring (bicyclic) bond motifs is 1. The smallest absolute Gasteiger partial charge is 0.0730 e. The van der Waals surface area contributed by atoms with E-state index in [1.165, 1.54) is 17.4 Å². The number of benzene rings is 2. The van der Waals surface area contributed by atoms with Gasteiger partial charge < -0.3 is 10.2 Å². The van der Waals surface area contributed by atoms with Gasteiger partial charge in [0, 0.05) is 27.7 Å². The van der Waals surface area contributed by atoms with Crippen LogP contribution >= 0.6 is 11.6 Å². The van der Waals surface area contributed by atoms with E-state index in [4.69, 9.17) is 16.6 Å². The lowest BCUT2D eigenvalue weighted by molar-refractivity contribution is 0.295. The number of hydrogen-bond acceptors (Lipinski definition) is 3. The van der Waals surface area contributed by atoms with Crippen LogP contribution < -0.4 is 5.32 Å². The van der Waals surface area contributed by atoms with Crippen molar-refractivity contribution in [1.82, 2.24) is 9.88 Å². The summed E-state index contributed by atoms with van der Waals surface area (Å²) in [6, 6.07) is 16.9. The van der Waals surface area contributed by atoms with Gasteiger partial charge in [-0.2, -0.15) is 0 Å². The third kappa shape index (κ3) is 5.71. The average molecular weight is 410 g/mol. The van der Waals surface area contributed by atoms with E-state index in [0.29, 0.717) is 6.04 Å². The monoisotopic (exact) mass is 409 g/mol. The highest BCUT2D eigenvalue weighted by Gasteiger charge is 2.11. The molecule has 3 nitrogen and oxygen atoms in total. The molecular formula is C25H32ClN3. The van der Waals surface area contributed by atoms with E-state index in [1.807, 2.05) is 24.3 Å². The minimum atomic E-state index is 0.398. The highest BCUT2D eigenvalue weighted by Crippen LogP contribution is 2.30. The lowest BCUT2D eigenvalue weighted by Gasteiger charge is -2.21. The molecule has 1 aromatic heterocycles. The number of nitrogens with zero attached hydrogens (tertiary/aromatic N) is 2. The third-order valence-corrected chi connectivity index (χ3v) is 5.76. The largest absolute Gasteiger partial charge is 0.382 e. The molecule has 1 heterocycles. The fraction of sp³-hybridized carbons (Fsp3) is 0.400. The van der Waals surface area contributed by atoms with E-state index in [1.54, 1.807) is 0 Å². The number of aryl methyl sites for hydroxylation is 1. The second-order valence-corrected chi connectivity index (χ2v) is 8.23. The molecule has 0 fully saturated rings. The first-order valence-corrected chi connectivity index (χ1v) is 11.0. The molecule has 29 heavy (non-hydrogen) atoms. The van der Waals surface area contributed by atoms with Gasteiger partial charge in [0.1, 0.15) is 0 Å². The van der Waals surface area contributed by atoms with Crippen LogP contribution in [0.3, 0.4) is 0 Å². The van der Waals surface area contributed by atoms with Crippen LogP contribution in [0, 0.1) is 6.92 Å². The first-order chi connectivity index (χ1) is 14.0. The number of anilines is 1. The molecule has 0 saturated heterocycles. The lowest BCUT2D eigenvalue weighted by atomic mass is 10.0. The van der Waals surface area contributed by atoms with Crippen LogP contribution in [-0.2, 0) is 0 Å². The summed E-state index contributed by atoms with van der Waals surface area (Å²) in [7, 11) is 0. The topological polar surface area (TPSA) is 28.2 Å². The van der Waals surface area contributed by atoms with E-state index in [-0.39, 0.29) is 0 Å². The molecule has 0 aliphatic rings. The van der Waals surface area contributed by atoms with Crippen LogP contribution in [-0.4, -0.2) is 35.6 Å².